The predicted molar refractivity (Wildman–Crippen MR) is 97.1 cm³/mol. The third-order valence-electron chi connectivity index (χ3n) is 3.50. The molecule has 0 saturated carbocycles. The first-order chi connectivity index (χ1) is 12.0. The molecule has 0 aromatic heterocycles. The number of hydrogen-bond donors (Lipinski definition) is 1. The van der Waals surface area contributed by atoms with Gasteiger partial charge in [-0.15, -0.1) is 0 Å². The van der Waals surface area contributed by atoms with Gasteiger partial charge in [-0.3, -0.25) is 9.00 Å². The van der Waals surface area contributed by atoms with E-state index in [0.717, 1.165) is 0 Å². The fraction of sp³-hybridized carbons (Fsp3) is 0.222. The number of benzene rings is 2. The van der Waals surface area contributed by atoms with E-state index in [2.05, 4.69) is 5.32 Å². The van der Waals surface area contributed by atoms with Gasteiger partial charge < -0.3 is 10.1 Å². The monoisotopic (exact) mass is 379 g/mol. The lowest BCUT2D eigenvalue weighted by Crippen LogP contribution is -2.42. The summed E-state index contributed by atoms with van der Waals surface area (Å²) >= 11 is 5.80. The highest BCUT2D eigenvalue weighted by molar-refractivity contribution is 7.85. The first kappa shape index (κ1) is 19.1. The Morgan fingerprint density at radius 2 is 1.76 bits per heavy atom. The first-order valence-electron chi connectivity index (χ1n) is 7.59. The SMILES string of the molecule is COC(=O)[C@H](CC[S@](=O)c1ccccc1)NC(=O)c1ccc(Cl)cc1. The molecule has 0 spiro atoms. The van der Waals surface area contributed by atoms with Crippen LogP contribution in [0.3, 0.4) is 0 Å². The van der Waals surface area contributed by atoms with Crippen LogP contribution in [0, 0.1) is 0 Å². The lowest BCUT2D eigenvalue weighted by atomic mass is 10.1. The molecule has 2 aromatic carbocycles. The van der Waals surface area contributed by atoms with E-state index in [4.69, 9.17) is 16.3 Å². The minimum Gasteiger partial charge on any atom is -0.467 e. The van der Waals surface area contributed by atoms with Crippen LogP contribution >= 0.6 is 11.6 Å². The Labute approximate surface area is 153 Å². The minimum absolute atomic E-state index is 0.202. The largest absolute Gasteiger partial charge is 0.467 e. The van der Waals surface area contributed by atoms with E-state index < -0.39 is 28.7 Å². The number of rotatable bonds is 7. The summed E-state index contributed by atoms with van der Waals surface area (Å²) in [5.74, 6) is -0.769. The van der Waals surface area contributed by atoms with Crippen molar-refractivity contribution in [2.75, 3.05) is 12.9 Å². The molecule has 0 fully saturated rings. The summed E-state index contributed by atoms with van der Waals surface area (Å²) in [6.07, 6.45) is 0.202. The molecule has 7 heteroatoms. The maximum Gasteiger partial charge on any atom is 0.328 e. The molecule has 5 nitrogen and oxygen atoms in total. The number of hydrogen-bond acceptors (Lipinski definition) is 4. The van der Waals surface area contributed by atoms with Crippen LogP contribution < -0.4 is 5.32 Å². The van der Waals surface area contributed by atoms with E-state index in [1.807, 2.05) is 6.07 Å². The summed E-state index contributed by atoms with van der Waals surface area (Å²) in [5, 5.41) is 3.13. The Balaban J connectivity index is 2.01. The van der Waals surface area contributed by atoms with Crippen molar-refractivity contribution >= 4 is 34.3 Å². The molecule has 2 aromatic rings. The van der Waals surface area contributed by atoms with E-state index in [-0.39, 0.29) is 12.2 Å². The van der Waals surface area contributed by atoms with Gasteiger partial charge in [0.15, 0.2) is 0 Å². The highest BCUT2D eigenvalue weighted by atomic mass is 35.5. The second kappa shape index (κ2) is 9.34. The van der Waals surface area contributed by atoms with Crippen molar-refractivity contribution in [3.8, 4) is 0 Å². The molecular weight excluding hydrogens is 362 g/mol. The minimum atomic E-state index is -1.26. The molecule has 1 N–H and O–H groups in total. The van der Waals surface area contributed by atoms with Gasteiger partial charge in [-0.05, 0) is 42.8 Å². The van der Waals surface area contributed by atoms with Gasteiger partial charge in [-0.1, -0.05) is 29.8 Å². The van der Waals surface area contributed by atoms with E-state index >= 15 is 0 Å². The van der Waals surface area contributed by atoms with E-state index in [1.165, 1.54) is 7.11 Å². The van der Waals surface area contributed by atoms with Crippen molar-refractivity contribution in [1.82, 2.24) is 5.32 Å². The summed E-state index contributed by atoms with van der Waals surface area (Å²) in [7, 11) is -0.0135. The molecule has 0 aliphatic heterocycles. The average Bonchev–Trinajstić information content (AvgIpc) is 2.65. The summed E-state index contributed by atoms with van der Waals surface area (Å²) in [5.41, 5.74) is 0.377. The van der Waals surface area contributed by atoms with Crippen LogP contribution in [0.1, 0.15) is 16.8 Å². The van der Waals surface area contributed by atoms with Gasteiger partial charge >= 0.3 is 5.97 Å². The lowest BCUT2D eigenvalue weighted by molar-refractivity contribution is -0.142. The topological polar surface area (TPSA) is 72.5 Å². The van der Waals surface area contributed by atoms with E-state index in [9.17, 15) is 13.8 Å². The molecular formula is C18H18ClNO4S. The van der Waals surface area contributed by atoms with Crippen LogP contribution in [-0.4, -0.2) is 35.0 Å². The summed E-state index contributed by atoms with van der Waals surface area (Å²) in [6.45, 7) is 0. The molecule has 0 aliphatic carbocycles. The Morgan fingerprint density at radius 3 is 2.36 bits per heavy atom. The van der Waals surface area contributed by atoms with Gasteiger partial charge in [-0.25, -0.2) is 4.79 Å². The van der Waals surface area contributed by atoms with Crippen LogP contribution in [0.2, 0.25) is 5.02 Å². The number of carbonyl (C=O) groups excluding carboxylic acids is 2. The van der Waals surface area contributed by atoms with Crippen molar-refractivity contribution in [2.45, 2.75) is 17.4 Å². The highest BCUT2D eigenvalue weighted by Crippen LogP contribution is 2.11. The van der Waals surface area contributed by atoms with Crippen LogP contribution in [0.5, 0.6) is 0 Å². The number of carbonyl (C=O) groups is 2. The second-order valence-corrected chi connectivity index (χ2v) is 7.21. The Kier molecular flexibility index (Phi) is 7.16. The number of ether oxygens (including phenoxy) is 1. The molecule has 0 unspecified atom stereocenters. The standard InChI is InChI=1S/C18H18ClNO4S/c1-24-18(22)16(11-12-25(23)15-5-3-2-4-6-15)20-17(21)13-7-9-14(19)10-8-13/h2-10,16H,11-12H2,1H3,(H,20,21)/t16-,25-/m0/s1. The average molecular weight is 380 g/mol. The van der Waals surface area contributed by atoms with Gasteiger partial charge in [0, 0.05) is 21.2 Å². The molecule has 0 radical (unpaired) electrons. The van der Waals surface area contributed by atoms with Crippen LogP contribution in [0.25, 0.3) is 0 Å². The van der Waals surface area contributed by atoms with Crippen molar-refractivity contribution in [3.63, 3.8) is 0 Å². The maximum atomic E-state index is 12.3. The van der Waals surface area contributed by atoms with Crippen LogP contribution in [0.4, 0.5) is 0 Å². The number of halogens is 1. The Morgan fingerprint density at radius 1 is 1.12 bits per heavy atom. The molecule has 2 atom stereocenters. The van der Waals surface area contributed by atoms with Crippen molar-refractivity contribution in [1.29, 1.82) is 0 Å². The second-order valence-electron chi connectivity index (χ2n) is 5.21. The molecule has 132 valence electrons. The Bertz CT molecular complexity index is 749. The Hall–Kier alpha value is -2.18. The molecule has 1 amide bonds. The molecule has 25 heavy (non-hydrogen) atoms. The van der Waals surface area contributed by atoms with Crippen molar-refractivity contribution in [3.05, 3.63) is 65.2 Å². The number of esters is 1. The van der Waals surface area contributed by atoms with E-state index in [0.29, 0.717) is 15.5 Å². The molecule has 2 rings (SSSR count). The van der Waals surface area contributed by atoms with E-state index in [1.54, 1.807) is 48.5 Å². The summed E-state index contributed by atoms with van der Waals surface area (Å²) in [6, 6.07) is 14.4. The molecule has 0 bridgehead atoms. The fourth-order valence-electron chi connectivity index (χ4n) is 2.15. The zero-order chi connectivity index (χ0) is 18.2. The quantitative estimate of drug-likeness (QED) is 0.751. The van der Waals surface area contributed by atoms with Gasteiger partial charge in [0.2, 0.25) is 0 Å². The first-order valence-corrected chi connectivity index (χ1v) is 9.28. The molecule has 0 aliphatic rings. The zero-order valence-electron chi connectivity index (χ0n) is 13.6. The van der Waals surface area contributed by atoms with Gasteiger partial charge in [0.05, 0.1) is 17.9 Å². The summed E-state index contributed by atoms with van der Waals surface area (Å²) in [4.78, 5) is 24.9. The van der Waals surface area contributed by atoms with Gasteiger partial charge in [-0.2, -0.15) is 0 Å². The molecule has 0 saturated heterocycles. The van der Waals surface area contributed by atoms with Gasteiger partial charge in [0.25, 0.3) is 5.91 Å². The van der Waals surface area contributed by atoms with Crippen molar-refractivity contribution < 1.29 is 18.5 Å². The third-order valence-corrected chi connectivity index (χ3v) is 5.15. The predicted octanol–water partition coefficient (Wildman–Crippen LogP) is 2.81. The lowest BCUT2D eigenvalue weighted by Gasteiger charge is -2.16. The normalized spacial score (nSPS) is 12.9. The fourth-order valence-corrected chi connectivity index (χ4v) is 3.42. The summed E-state index contributed by atoms with van der Waals surface area (Å²) < 4.78 is 17.0. The number of nitrogens with one attached hydrogen (secondary N) is 1. The smallest absolute Gasteiger partial charge is 0.328 e. The highest BCUT2D eigenvalue weighted by Gasteiger charge is 2.23. The number of amides is 1. The maximum absolute atomic E-state index is 12.3. The van der Waals surface area contributed by atoms with Crippen molar-refractivity contribution in [2.24, 2.45) is 0 Å². The van der Waals surface area contributed by atoms with Crippen LogP contribution in [0.15, 0.2) is 59.5 Å². The number of methoxy groups -OCH3 is 1. The third kappa shape index (κ3) is 5.69. The van der Waals surface area contributed by atoms with Gasteiger partial charge in [0.1, 0.15) is 6.04 Å². The zero-order valence-corrected chi connectivity index (χ0v) is 15.2. The van der Waals surface area contributed by atoms with Crippen LogP contribution in [-0.2, 0) is 20.3 Å². The molecule has 0 heterocycles.